The van der Waals surface area contributed by atoms with Crippen molar-refractivity contribution in [2.75, 3.05) is 0 Å². The van der Waals surface area contributed by atoms with Crippen LogP contribution >= 0.6 is 0 Å². The van der Waals surface area contributed by atoms with Gasteiger partial charge in [0.05, 0.1) is 16.8 Å². The molecule has 0 spiro atoms. The van der Waals surface area contributed by atoms with Crippen LogP contribution in [0.4, 0.5) is 0 Å². The van der Waals surface area contributed by atoms with Gasteiger partial charge in [-0.2, -0.15) is 0 Å². The van der Waals surface area contributed by atoms with Crippen molar-refractivity contribution < 1.29 is 4.42 Å². The highest BCUT2D eigenvalue weighted by Crippen LogP contribution is 2.41. The zero-order valence-corrected chi connectivity index (χ0v) is 26.8. The van der Waals surface area contributed by atoms with E-state index in [9.17, 15) is 0 Å². The molecule has 0 saturated carbocycles. The second kappa shape index (κ2) is 11.3. The van der Waals surface area contributed by atoms with E-state index >= 15 is 0 Å². The second-order valence-electron chi connectivity index (χ2n) is 12.6. The van der Waals surface area contributed by atoms with E-state index in [4.69, 9.17) is 14.4 Å². The smallest absolute Gasteiger partial charge is 0.164 e. The first-order chi connectivity index (χ1) is 23.6. The van der Waals surface area contributed by atoms with Crippen LogP contribution in [0.5, 0.6) is 0 Å². The quantitative estimate of drug-likeness (QED) is 0.193. The molecule has 0 N–H and O–H groups in total. The molecular weight excluding hydrogens is 585 g/mol. The third-order valence-electron chi connectivity index (χ3n) is 9.83. The topological polar surface area (TPSA) is 38.9 Å². The SMILES string of the molecule is Cc1c(-c2ccccc2C(C)c2ccc3oc4c(-c5nc(-c6ccccc6)c6ccccc6n5)cccc4c3c2)ccc2ccccc12. The standard InChI is InChI=1S/C45H32N2O/c1-28(34-17-8-9-18-36(34)35-25-23-30-13-6-7-16-33(30)29(35)2)32-24-26-42-40(27-32)37-20-12-21-39(44(37)48-42)45-46-41-22-11-10-19-38(41)43(47-45)31-14-4-3-5-15-31/h3-28H,1-2H3. The van der Waals surface area contributed by atoms with Gasteiger partial charge in [0.1, 0.15) is 11.2 Å². The molecule has 1 unspecified atom stereocenters. The fourth-order valence-electron chi connectivity index (χ4n) is 7.29. The van der Waals surface area contributed by atoms with Crippen molar-refractivity contribution in [2.45, 2.75) is 19.8 Å². The van der Waals surface area contributed by atoms with Crippen LogP contribution in [0.1, 0.15) is 29.5 Å². The maximum atomic E-state index is 6.61. The largest absolute Gasteiger partial charge is 0.455 e. The van der Waals surface area contributed by atoms with Gasteiger partial charge in [0.15, 0.2) is 5.82 Å². The van der Waals surface area contributed by atoms with Crippen LogP contribution < -0.4 is 0 Å². The summed E-state index contributed by atoms with van der Waals surface area (Å²) >= 11 is 0. The minimum absolute atomic E-state index is 0.168. The van der Waals surface area contributed by atoms with Gasteiger partial charge >= 0.3 is 0 Å². The number of nitrogens with zero attached hydrogens (tertiary/aromatic N) is 2. The molecule has 9 aromatic rings. The average Bonchev–Trinajstić information content (AvgIpc) is 3.53. The van der Waals surface area contributed by atoms with Crippen LogP contribution in [0.15, 0.2) is 156 Å². The maximum absolute atomic E-state index is 6.61. The van der Waals surface area contributed by atoms with Gasteiger partial charge in [-0.15, -0.1) is 0 Å². The van der Waals surface area contributed by atoms with Gasteiger partial charge in [0.2, 0.25) is 0 Å². The number of rotatable bonds is 5. The Hall–Kier alpha value is -6.06. The van der Waals surface area contributed by atoms with Gasteiger partial charge in [-0.3, -0.25) is 0 Å². The highest BCUT2D eigenvalue weighted by molar-refractivity contribution is 6.09. The van der Waals surface area contributed by atoms with Crippen LogP contribution in [-0.4, -0.2) is 9.97 Å². The molecule has 0 fully saturated rings. The molecule has 0 amide bonds. The summed E-state index contributed by atoms with van der Waals surface area (Å²) in [6.07, 6.45) is 0. The third-order valence-corrected chi connectivity index (χ3v) is 9.83. The highest BCUT2D eigenvalue weighted by atomic mass is 16.3. The maximum Gasteiger partial charge on any atom is 0.164 e. The van der Waals surface area contributed by atoms with Gasteiger partial charge in [0, 0.05) is 27.6 Å². The molecule has 0 bridgehead atoms. The van der Waals surface area contributed by atoms with Crippen molar-refractivity contribution in [1.82, 2.24) is 9.97 Å². The number of hydrogen-bond acceptors (Lipinski definition) is 3. The van der Waals surface area contributed by atoms with Gasteiger partial charge in [-0.25, -0.2) is 9.97 Å². The van der Waals surface area contributed by atoms with Crippen molar-refractivity contribution >= 4 is 43.6 Å². The van der Waals surface area contributed by atoms with E-state index < -0.39 is 0 Å². The molecule has 0 radical (unpaired) electrons. The lowest BCUT2D eigenvalue weighted by atomic mass is 9.85. The molecule has 9 rings (SSSR count). The molecule has 1 atom stereocenters. The summed E-state index contributed by atoms with van der Waals surface area (Å²) < 4.78 is 6.61. The fourth-order valence-corrected chi connectivity index (χ4v) is 7.29. The molecule has 2 heterocycles. The van der Waals surface area contributed by atoms with Crippen LogP contribution in [0, 0.1) is 6.92 Å². The van der Waals surface area contributed by atoms with Crippen molar-refractivity contribution in [2.24, 2.45) is 0 Å². The van der Waals surface area contributed by atoms with E-state index in [0.717, 1.165) is 49.7 Å². The van der Waals surface area contributed by atoms with Crippen molar-refractivity contribution in [3.63, 3.8) is 0 Å². The molecule has 3 nitrogen and oxygen atoms in total. The lowest BCUT2D eigenvalue weighted by Gasteiger charge is -2.19. The molecule has 0 aliphatic carbocycles. The molecule has 48 heavy (non-hydrogen) atoms. The predicted molar refractivity (Wildman–Crippen MR) is 199 cm³/mol. The van der Waals surface area contributed by atoms with Crippen LogP contribution in [0.3, 0.4) is 0 Å². The number of fused-ring (bicyclic) bond motifs is 5. The fraction of sp³-hybridized carbons (Fsp3) is 0.0667. The molecular formula is C45H32N2O. The Morgan fingerprint density at radius 2 is 1.27 bits per heavy atom. The Labute approximate surface area is 279 Å². The lowest BCUT2D eigenvalue weighted by Crippen LogP contribution is -2.00. The highest BCUT2D eigenvalue weighted by Gasteiger charge is 2.20. The monoisotopic (exact) mass is 616 g/mol. The molecule has 0 aliphatic heterocycles. The Morgan fingerprint density at radius 1 is 0.542 bits per heavy atom. The van der Waals surface area contributed by atoms with E-state index in [2.05, 4.69) is 135 Å². The lowest BCUT2D eigenvalue weighted by molar-refractivity contribution is 0.669. The first-order valence-electron chi connectivity index (χ1n) is 16.5. The van der Waals surface area contributed by atoms with Crippen LogP contribution in [-0.2, 0) is 0 Å². The van der Waals surface area contributed by atoms with Crippen molar-refractivity contribution in [3.8, 4) is 33.8 Å². The molecule has 7 aromatic carbocycles. The minimum atomic E-state index is 0.168. The normalized spacial score (nSPS) is 12.3. The van der Waals surface area contributed by atoms with E-state index in [1.165, 1.54) is 38.6 Å². The average molecular weight is 617 g/mol. The first kappa shape index (κ1) is 28.2. The summed E-state index contributed by atoms with van der Waals surface area (Å²) in [6, 6.07) is 53.4. The Morgan fingerprint density at radius 3 is 2.17 bits per heavy atom. The second-order valence-corrected chi connectivity index (χ2v) is 12.6. The molecule has 3 heteroatoms. The first-order valence-corrected chi connectivity index (χ1v) is 16.5. The van der Waals surface area contributed by atoms with E-state index in [1.807, 2.05) is 30.3 Å². The molecule has 2 aromatic heterocycles. The Bertz CT molecular complexity index is 2650. The molecule has 0 saturated heterocycles. The van der Waals surface area contributed by atoms with E-state index in [1.54, 1.807) is 0 Å². The summed E-state index contributed by atoms with van der Waals surface area (Å²) in [5.41, 5.74) is 11.8. The van der Waals surface area contributed by atoms with Gasteiger partial charge in [-0.05, 0) is 69.8 Å². The minimum Gasteiger partial charge on any atom is -0.455 e. The van der Waals surface area contributed by atoms with Gasteiger partial charge in [-0.1, -0.05) is 134 Å². The number of para-hydroxylation sites is 2. The zero-order chi connectivity index (χ0) is 32.2. The van der Waals surface area contributed by atoms with Crippen LogP contribution in [0.2, 0.25) is 0 Å². The van der Waals surface area contributed by atoms with E-state index in [0.29, 0.717) is 5.82 Å². The van der Waals surface area contributed by atoms with Gasteiger partial charge < -0.3 is 4.42 Å². The molecule has 0 aliphatic rings. The number of hydrogen-bond donors (Lipinski definition) is 0. The zero-order valence-electron chi connectivity index (χ0n) is 26.8. The molecule has 228 valence electrons. The summed E-state index contributed by atoms with van der Waals surface area (Å²) in [5, 5.41) is 5.76. The van der Waals surface area contributed by atoms with E-state index in [-0.39, 0.29) is 5.92 Å². The number of furan rings is 1. The number of aryl methyl sites for hydroxylation is 1. The summed E-state index contributed by atoms with van der Waals surface area (Å²) in [6.45, 7) is 4.54. The number of benzene rings is 7. The Balaban J connectivity index is 1.16. The van der Waals surface area contributed by atoms with Crippen molar-refractivity contribution in [3.05, 3.63) is 168 Å². The van der Waals surface area contributed by atoms with Gasteiger partial charge in [0.25, 0.3) is 0 Å². The van der Waals surface area contributed by atoms with Crippen LogP contribution in [0.25, 0.3) is 77.4 Å². The predicted octanol–water partition coefficient (Wildman–Crippen LogP) is 12.1. The summed E-state index contributed by atoms with van der Waals surface area (Å²) in [5.74, 6) is 0.826. The van der Waals surface area contributed by atoms with Crippen molar-refractivity contribution in [1.29, 1.82) is 0 Å². The Kier molecular flexibility index (Phi) is 6.65. The summed E-state index contributed by atoms with van der Waals surface area (Å²) in [7, 11) is 0. The summed E-state index contributed by atoms with van der Waals surface area (Å²) in [4.78, 5) is 10.2. The third kappa shape index (κ3) is 4.58. The number of aromatic nitrogens is 2.